The summed E-state index contributed by atoms with van der Waals surface area (Å²) in [7, 11) is 0. The molecule has 4 aliphatic carbocycles. The minimum absolute atomic E-state index is 0.278. The van der Waals surface area contributed by atoms with Gasteiger partial charge < -0.3 is 10.8 Å². The van der Waals surface area contributed by atoms with Crippen LogP contribution in [0.2, 0.25) is 0 Å². The van der Waals surface area contributed by atoms with Crippen LogP contribution in [0.5, 0.6) is 0 Å². The van der Waals surface area contributed by atoms with Crippen molar-refractivity contribution >= 4 is 0 Å². The second-order valence-electron chi connectivity index (χ2n) is 6.68. The van der Waals surface area contributed by atoms with E-state index in [-0.39, 0.29) is 5.60 Å². The van der Waals surface area contributed by atoms with Gasteiger partial charge in [0, 0.05) is 0 Å². The van der Waals surface area contributed by atoms with E-state index in [2.05, 4.69) is 6.92 Å². The quantitative estimate of drug-likeness (QED) is 0.770. The van der Waals surface area contributed by atoms with Crippen molar-refractivity contribution in [2.45, 2.75) is 51.0 Å². The van der Waals surface area contributed by atoms with Crippen molar-refractivity contribution in [2.24, 2.45) is 35.3 Å². The second-order valence-corrected chi connectivity index (χ2v) is 6.68. The third-order valence-electron chi connectivity index (χ3n) is 5.69. The topological polar surface area (TPSA) is 46.2 Å². The summed E-state index contributed by atoms with van der Waals surface area (Å²) in [4.78, 5) is 0. The van der Waals surface area contributed by atoms with E-state index in [1.54, 1.807) is 0 Å². The minimum atomic E-state index is -0.278. The fourth-order valence-electron chi connectivity index (χ4n) is 5.39. The molecule has 4 aliphatic rings. The molecule has 4 rings (SSSR count). The largest absolute Gasteiger partial charge is 0.390 e. The number of aliphatic hydroxyl groups is 1. The van der Waals surface area contributed by atoms with Crippen molar-refractivity contribution in [3.05, 3.63) is 0 Å². The van der Waals surface area contributed by atoms with Crippen molar-refractivity contribution < 1.29 is 5.11 Å². The lowest BCUT2D eigenvalue weighted by atomic mass is 9.48. The lowest BCUT2D eigenvalue weighted by Crippen LogP contribution is -2.56. The van der Waals surface area contributed by atoms with Crippen molar-refractivity contribution in [1.29, 1.82) is 0 Å². The zero-order chi connectivity index (χ0) is 11.3. The molecule has 0 heterocycles. The molecule has 0 spiro atoms. The van der Waals surface area contributed by atoms with E-state index in [0.717, 1.165) is 49.5 Å². The Kier molecular flexibility index (Phi) is 2.56. The molecule has 0 amide bonds. The summed E-state index contributed by atoms with van der Waals surface area (Å²) in [5, 5.41) is 10.5. The van der Waals surface area contributed by atoms with E-state index in [0.29, 0.717) is 5.92 Å². The Morgan fingerprint density at radius 3 is 2.31 bits per heavy atom. The van der Waals surface area contributed by atoms with Crippen molar-refractivity contribution in [3.63, 3.8) is 0 Å². The third kappa shape index (κ3) is 1.53. The minimum Gasteiger partial charge on any atom is -0.390 e. The monoisotopic (exact) mass is 223 g/mol. The zero-order valence-electron chi connectivity index (χ0n) is 10.4. The van der Waals surface area contributed by atoms with Gasteiger partial charge in [0.05, 0.1) is 5.60 Å². The van der Waals surface area contributed by atoms with Crippen LogP contribution in [0.1, 0.15) is 45.4 Å². The Balaban J connectivity index is 1.83. The summed E-state index contributed by atoms with van der Waals surface area (Å²) in [6.45, 7) is 3.12. The maximum atomic E-state index is 10.5. The van der Waals surface area contributed by atoms with E-state index in [4.69, 9.17) is 5.73 Å². The molecule has 3 N–H and O–H groups in total. The lowest BCUT2D eigenvalue weighted by molar-refractivity contribution is -0.162. The molecule has 16 heavy (non-hydrogen) atoms. The Labute approximate surface area is 98.6 Å². The molecule has 0 aliphatic heterocycles. The molecule has 92 valence electrons. The molecule has 0 aromatic rings. The number of rotatable bonds is 3. The van der Waals surface area contributed by atoms with Gasteiger partial charge in [-0.25, -0.2) is 0 Å². The summed E-state index contributed by atoms with van der Waals surface area (Å²) in [6.07, 6.45) is 7.20. The van der Waals surface area contributed by atoms with Crippen LogP contribution in [-0.4, -0.2) is 17.3 Å². The Bertz CT molecular complexity index is 258. The SMILES string of the molecule is CCC(CN)C1C2CC3CC1CC(O)(C3)C2. The molecule has 0 aromatic heterocycles. The van der Waals surface area contributed by atoms with Crippen LogP contribution in [0, 0.1) is 29.6 Å². The molecule has 4 saturated carbocycles. The van der Waals surface area contributed by atoms with Gasteiger partial charge in [0.15, 0.2) is 0 Å². The van der Waals surface area contributed by atoms with Gasteiger partial charge in [0.1, 0.15) is 0 Å². The van der Waals surface area contributed by atoms with Gasteiger partial charge in [-0.3, -0.25) is 0 Å². The van der Waals surface area contributed by atoms with Gasteiger partial charge in [-0.05, 0) is 68.2 Å². The molecule has 4 fully saturated rings. The van der Waals surface area contributed by atoms with Gasteiger partial charge in [-0.1, -0.05) is 13.3 Å². The Morgan fingerprint density at radius 2 is 1.88 bits per heavy atom. The molecule has 3 unspecified atom stereocenters. The molecule has 2 nitrogen and oxygen atoms in total. The molecule has 2 heteroatoms. The lowest BCUT2D eigenvalue weighted by Gasteiger charge is -2.59. The summed E-state index contributed by atoms with van der Waals surface area (Å²) in [6, 6.07) is 0. The standard InChI is InChI=1S/C14H25NO/c1-2-10(8-15)13-11-3-9-4-12(13)7-14(16,5-9)6-11/h9-13,16H,2-8,15H2,1H3. The van der Waals surface area contributed by atoms with Crippen LogP contribution in [0.15, 0.2) is 0 Å². The van der Waals surface area contributed by atoms with Gasteiger partial charge >= 0.3 is 0 Å². The fourth-order valence-corrected chi connectivity index (χ4v) is 5.39. The summed E-state index contributed by atoms with van der Waals surface area (Å²) >= 11 is 0. The average Bonchev–Trinajstić information content (AvgIpc) is 2.21. The van der Waals surface area contributed by atoms with E-state index < -0.39 is 0 Å². The highest BCUT2D eigenvalue weighted by molar-refractivity contribution is 5.06. The fraction of sp³-hybridized carbons (Fsp3) is 1.00. The maximum Gasteiger partial charge on any atom is 0.0656 e. The molecular weight excluding hydrogens is 198 g/mol. The highest BCUT2D eigenvalue weighted by Crippen LogP contribution is 2.60. The molecule has 3 atom stereocenters. The van der Waals surface area contributed by atoms with Crippen LogP contribution in [0.25, 0.3) is 0 Å². The van der Waals surface area contributed by atoms with E-state index >= 15 is 0 Å². The number of hydrogen-bond acceptors (Lipinski definition) is 2. The van der Waals surface area contributed by atoms with E-state index in [9.17, 15) is 5.11 Å². The van der Waals surface area contributed by atoms with Crippen molar-refractivity contribution in [1.82, 2.24) is 0 Å². The van der Waals surface area contributed by atoms with E-state index in [1.807, 2.05) is 0 Å². The molecule has 0 saturated heterocycles. The normalized spacial score (nSPS) is 51.9. The van der Waals surface area contributed by atoms with E-state index in [1.165, 1.54) is 19.3 Å². The van der Waals surface area contributed by atoms with Gasteiger partial charge in [0.2, 0.25) is 0 Å². The van der Waals surface area contributed by atoms with Crippen LogP contribution in [0.3, 0.4) is 0 Å². The van der Waals surface area contributed by atoms with Crippen molar-refractivity contribution in [2.75, 3.05) is 6.54 Å². The third-order valence-corrected chi connectivity index (χ3v) is 5.69. The predicted molar refractivity (Wildman–Crippen MR) is 64.8 cm³/mol. The highest BCUT2D eigenvalue weighted by atomic mass is 16.3. The van der Waals surface area contributed by atoms with Crippen molar-refractivity contribution in [3.8, 4) is 0 Å². The van der Waals surface area contributed by atoms with Crippen LogP contribution in [0.4, 0.5) is 0 Å². The number of hydrogen-bond donors (Lipinski definition) is 2. The van der Waals surface area contributed by atoms with Crippen LogP contribution in [-0.2, 0) is 0 Å². The Morgan fingerprint density at radius 1 is 1.25 bits per heavy atom. The smallest absolute Gasteiger partial charge is 0.0656 e. The summed E-state index contributed by atoms with van der Waals surface area (Å²) in [5.41, 5.74) is 5.66. The molecule has 4 bridgehead atoms. The first-order chi connectivity index (χ1) is 7.65. The second kappa shape index (κ2) is 3.71. The summed E-state index contributed by atoms with van der Waals surface area (Å²) in [5.74, 6) is 3.92. The first-order valence-corrected chi connectivity index (χ1v) is 7.07. The number of nitrogens with two attached hydrogens (primary N) is 1. The van der Waals surface area contributed by atoms with Gasteiger partial charge in [-0.2, -0.15) is 0 Å². The first-order valence-electron chi connectivity index (χ1n) is 7.07. The molecule has 0 aromatic carbocycles. The van der Waals surface area contributed by atoms with Gasteiger partial charge in [0.25, 0.3) is 0 Å². The first kappa shape index (κ1) is 11.0. The molecular formula is C14H25NO. The predicted octanol–water partition coefficient (Wildman–Crippen LogP) is 2.16. The highest BCUT2D eigenvalue weighted by Gasteiger charge is 2.55. The van der Waals surface area contributed by atoms with Crippen LogP contribution >= 0.6 is 0 Å². The summed E-state index contributed by atoms with van der Waals surface area (Å²) < 4.78 is 0. The molecule has 0 radical (unpaired) electrons. The Hall–Kier alpha value is -0.0800. The average molecular weight is 223 g/mol. The zero-order valence-corrected chi connectivity index (χ0v) is 10.4. The van der Waals surface area contributed by atoms with Gasteiger partial charge in [-0.15, -0.1) is 0 Å². The van der Waals surface area contributed by atoms with Crippen LogP contribution < -0.4 is 5.73 Å². The maximum absolute atomic E-state index is 10.5.